The maximum atomic E-state index is 12.8. The van der Waals surface area contributed by atoms with Crippen molar-refractivity contribution in [2.45, 2.75) is 18.0 Å². The summed E-state index contributed by atoms with van der Waals surface area (Å²) in [6, 6.07) is 3.24. The van der Waals surface area contributed by atoms with Crippen LogP contribution >= 0.6 is 15.9 Å². The van der Waals surface area contributed by atoms with Crippen LogP contribution in [0.1, 0.15) is 12.5 Å². The average molecular weight is 434 g/mol. The SMILES string of the molecule is CCS(=O)(=O)c1cc(Br)cnc1-c1cn2ccc(C(F)(F)F)cc2n1. The van der Waals surface area contributed by atoms with Gasteiger partial charge in [0.1, 0.15) is 17.0 Å². The van der Waals surface area contributed by atoms with E-state index in [1.165, 1.54) is 36.0 Å². The molecule has 0 radical (unpaired) electrons. The molecule has 0 aliphatic heterocycles. The maximum Gasteiger partial charge on any atom is 0.416 e. The third-order valence-electron chi connectivity index (χ3n) is 3.56. The van der Waals surface area contributed by atoms with E-state index in [4.69, 9.17) is 0 Å². The van der Waals surface area contributed by atoms with E-state index in [9.17, 15) is 21.6 Å². The Kier molecular flexibility index (Phi) is 4.36. The lowest BCUT2D eigenvalue weighted by molar-refractivity contribution is -0.137. The maximum absolute atomic E-state index is 12.8. The Balaban J connectivity index is 2.21. The number of fused-ring (bicyclic) bond motifs is 1. The molecule has 0 amide bonds. The van der Waals surface area contributed by atoms with Gasteiger partial charge in [0.2, 0.25) is 0 Å². The fraction of sp³-hybridized carbons (Fsp3) is 0.200. The predicted molar refractivity (Wildman–Crippen MR) is 88.9 cm³/mol. The molecule has 25 heavy (non-hydrogen) atoms. The molecule has 0 saturated carbocycles. The van der Waals surface area contributed by atoms with Gasteiger partial charge in [0, 0.05) is 23.1 Å². The van der Waals surface area contributed by atoms with Gasteiger partial charge >= 0.3 is 6.18 Å². The number of hydrogen-bond acceptors (Lipinski definition) is 4. The molecule has 3 heterocycles. The van der Waals surface area contributed by atoms with Crippen molar-refractivity contribution in [1.29, 1.82) is 0 Å². The Bertz CT molecular complexity index is 1060. The summed E-state index contributed by atoms with van der Waals surface area (Å²) in [6.07, 6.45) is -0.405. The highest BCUT2D eigenvalue weighted by Gasteiger charge is 2.31. The summed E-state index contributed by atoms with van der Waals surface area (Å²) in [5, 5.41) is 0. The monoisotopic (exact) mass is 433 g/mol. The zero-order valence-electron chi connectivity index (χ0n) is 12.7. The first-order valence-electron chi connectivity index (χ1n) is 7.06. The molecule has 5 nitrogen and oxygen atoms in total. The van der Waals surface area contributed by atoms with Gasteiger partial charge in [0.05, 0.1) is 16.2 Å². The van der Waals surface area contributed by atoms with Crippen LogP contribution in [0.3, 0.4) is 0 Å². The molecule has 0 fully saturated rings. The number of sulfone groups is 1. The Labute approximate surface area is 149 Å². The molecule has 3 aromatic rings. The van der Waals surface area contributed by atoms with Crippen LogP contribution in [0.15, 0.2) is 46.2 Å². The summed E-state index contributed by atoms with van der Waals surface area (Å²) in [4.78, 5) is 8.20. The van der Waals surface area contributed by atoms with Gasteiger partial charge in [0.25, 0.3) is 0 Å². The van der Waals surface area contributed by atoms with Crippen LogP contribution < -0.4 is 0 Å². The van der Waals surface area contributed by atoms with Gasteiger partial charge in [-0.25, -0.2) is 13.4 Å². The smallest absolute Gasteiger partial charge is 0.306 e. The minimum absolute atomic E-state index is 0.0242. The minimum Gasteiger partial charge on any atom is -0.306 e. The molecule has 132 valence electrons. The van der Waals surface area contributed by atoms with Crippen LogP contribution in [0.5, 0.6) is 0 Å². The average Bonchev–Trinajstić information content (AvgIpc) is 2.96. The van der Waals surface area contributed by atoms with Crippen LogP contribution in [0, 0.1) is 0 Å². The molecule has 0 bridgehead atoms. The van der Waals surface area contributed by atoms with Crippen LogP contribution in [-0.4, -0.2) is 28.5 Å². The van der Waals surface area contributed by atoms with Gasteiger partial charge in [-0.3, -0.25) is 4.98 Å². The van der Waals surface area contributed by atoms with Crippen LogP contribution in [0.25, 0.3) is 17.0 Å². The van der Waals surface area contributed by atoms with Crippen LogP contribution in [-0.2, 0) is 16.0 Å². The summed E-state index contributed by atoms with van der Waals surface area (Å²) >= 11 is 3.18. The topological polar surface area (TPSA) is 64.3 Å². The van der Waals surface area contributed by atoms with Crippen LogP contribution in [0.4, 0.5) is 13.2 Å². The van der Waals surface area contributed by atoms with E-state index in [1.807, 2.05) is 0 Å². The van der Waals surface area contributed by atoms with Crippen molar-refractivity contribution in [1.82, 2.24) is 14.4 Å². The van der Waals surface area contributed by atoms with E-state index in [0.29, 0.717) is 4.47 Å². The molecular weight excluding hydrogens is 423 g/mol. The van der Waals surface area contributed by atoms with Crippen LogP contribution in [0.2, 0.25) is 0 Å². The molecule has 3 aromatic heterocycles. The summed E-state index contributed by atoms with van der Waals surface area (Å²) in [7, 11) is -3.59. The molecule has 0 aliphatic rings. The largest absolute Gasteiger partial charge is 0.416 e. The van der Waals surface area contributed by atoms with Crippen molar-refractivity contribution in [2.24, 2.45) is 0 Å². The van der Waals surface area contributed by atoms with Gasteiger partial charge in [-0.15, -0.1) is 0 Å². The third kappa shape index (κ3) is 3.40. The summed E-state index contributed by atoms with van der Waals surface area (Å²) in [5.74, 6) is -0.135. The number of hydrogen-bond donors (Lipinski definition) is 0. The molecule has 0 spiro atoms. The zero-order valence-corrected chi connectivity index (χ0v) is 15.2. The molecule has 0 N–H and O–H groups in total. The molecule has 0 aliphatic carbocycles. The normalized spacial score (nSPS) is 12.7. The Morgan fingerprint density at radius 2 is 2.00 bits per heavy atom. The molecule has 0 atom stereocenters. The highest BCUT2D eigenvalue weighted by Crippen LogP contribution is 2.32. The number of rotatable bonds is 3. The van der Waals surface area contributed by atoms with Gasteiger partial charge < -0.3 is 4.40 Å². The first kappa shape index (κ1) is 17.9. The van der Waals surface area contributed by atoms with E-state index in [2.05, 4.69) is 25.9 Å². The molecular formula is C15H11BrF3N3O2S. The second kappa shape index (κ2) is 6.10. The van der Waals surface area contributed by atoms with Crippen molar-refractivity contribution in [3.05, 3.63) is 46.8 Å². The summed E-state index contributed by atoms with van der Waals surface area (Å²) in [6.45, 7) is 1.50. The number of nitrogens with zero attached hydrogens (tertiary/aromatic N) is 3. The first-order valence-corrected chi connectivity index (χ1v) is 9.51. The van der Waals surface area contributed by atoms with Crippen molar-refractivity contribution in [2.75, 3.05) is 5.75 Å². The number of halogens is 4. The fourth-order valence-corrected chi connectivity index (χ4v) is 3.83. The highest BCUT2D eigenvalue weighted by atomic mass is 79.9. The standard InChI is InChI=1S/C15H11BrF3N3O2S/c1-2-25(23,24)12-6-10(16)7-20-14(12)11-8-22-4-3-9(15(17,18)19)5-13(22)21-11/h3-8H,2H2,1H3. The lowest BCUT2D eigenvalue weighted by Crippen LogP contribution is -2.07. The van der Waals surface area contributed by atoms with Crippen molar-refractivity contribution in [3.63, 3.8) is 0 Å². The molecule has 0 aromatic carbocycles. The second-order valence-corrected chi connectivity index (χ2v) is 8.37. The Morgan fingerprint density at radius 1 is 1.28 bits per heavy atom. The summed E-state index contributed by atoms with van der Waals surface area (Å²) < 4.78 is 64.9. The summed E-state index contributed by atoms with van der Waals surface area (Å²) in [5.41, 5.74) is -0.502. The lowest BCUT2D eigenvalue weighted by Gasteiger charge is -2.06. The van der Waals surface area contributed by atoms with Crippen molar-refractivity contribution >= 4 is 31.4 Å². The van der Waals surface area contributed by atoms with E-state index < -0.39 is 21.6 Å². The highest BCUT2D eigenvalue weighted by molar-refractivity contribution is 9.10. The predicted octanol–water partition coefficient (Wildman–Crippen LogP) is 3.97. The fourth-order valence-electron chi connectivity index (χ4n) is 2.28. The van der Waals surface area contributed by atoms with Crippen molar-refractivity contribution in [3.8, 4) is 11.4 Å². The molecule has 0 unspecified atom stereocenters. The van der Waals surface area contributed by atoms with Crippen molar-refractivity contribution < 1.29 is 21.6 Å². The number of aromatic nitrogens is 3. The number of alkyl halides is 3. The van der Waals surface area contributed by atoms with E-state index in [1.54, 1.807) is 0 Å². The van der Waals surface area contributed by atoms with E-state index >= 15 is 0 Å². The van der Waals surface area contributed by atoms with E-state index in [0.717, 1.165) is 12.1 Å². The molecule has 0 saturated heterocycles. The Morgan fingerprint density at radius 3 is 2.64 bits per heavy atom. The number of pyridine rings is 2. The minimum atomic E-state index is -4.49. The quantitative estimate of drug-likeness (QED) is 0.626. The molecule has 3 rings (SSSR count). The van der Waals surface area contributed by atoms with Gasteiger partial charge in [-0.1, -0.05) is 6.92 Å². The number of imidazole rings is 1. The van der Waals surface area contributed by atoms with Gasteiger partial charge in [-0.05, 0) is 34.1 Å². The molecule has 10 heteroatoms. The zero-order chi connectivity index (χ0) is 18.4. The lowest BCUT2D eigenvalue weighted by atomic mass is 10.2. The third-order valence-corrected chi connectivity index (χ3v) is 5.74. The first-order chi connectivity index (χ1) is 11.6. The van der Waals surface area contributed by atoms with E-state index in [-0.39, 0.29) is 27.7 Å². The Hall–Kier alpha value is -1.94. The van der Waals surface area contributed by atoms with Gasteiger partial charge in [0.15, 0.2) is 9.84 Å². The second-order valence-electron chi connectivity index (χ2n) is 5.21. The van der Waals surface area contributed by atoms with Gasteiger partial charge in [-0.2, -0.15) is 13.2 Å².